The van der Waals surface area contributed by atoms with E-state index in [2.05, 4.69) is 26.0 Å². The standard InChI is InChI=1S/C19H36O2.Na/c1-18(2)16-14-12-10-8-6-4-3-5-7-9-11-13-15-17-19(20)21;/h3-4,18H,5-17H2,1-2H3,(H,20,21);/q;+1/p-1. The number of hydrogen-bond acceptors (Lipinski definition) is 2. The van der Waals surface area contributed by atoms with Crippen molar-refractivity contribution in [1.29, 1.82) is 0 Å². The van der Waals surface area contributed by atoms with E-state index in [9.17, 15) is 9.90 Å². The van der Waals surface area contributed by atoms with Gasteiger partial charge in [-0.1, -0.05) is 70.9 Å². The zero-order valence-electron chi connectivity index (χ0n) is 15.2. The molecule has 124 valence electrons. The van der Waals surface area contributed by atoms with Crippen LogP contribution in [0.4, 0.5) is 0 Å². The Labute approximate surface area is 160 Å². The molecule has 0 amide bonds. The Bertz CT molecular complexity index is 262. The fraction of sp³-hybridized carbons (Fsp3) is 0.842. The molecule has 0 atom stereocenters. The second-order valence-corrected chi connectivity index (χ2v) is 6.54. The third kappa shape index (κ3) is 22.5. The molecule has 0 N–H and O–H groups in total. The van der Waals surface area contributed by atoms with Crippen LogP contribution >= 0.6 is 0 Å². The van der Waals surface area contributed by atoms with Gasteiger partial charge in [-0.2, -0.15) is 0 Å². The predicted octanol–water partition coefficient (Wildman–Crippen LogP) is 2.02. The third-order valence-corrected chi connectivity index (χ3v) is 3.82. The summed E-state index contributed by atoms with van der Waals surface area (Å²) in [7, 11) is 0. The summed E-state index contributed by atoms with van der Waals surface area (Å²) in [4.78, 5) is 10.2. The number of carbonyl (C=O) groups excluding carboxylic acids is 1. The molecule has 0 fully saturated rings. The average Bonchev–Trinajstić information content (AvgIpc) is 2.42. The molecule has 0 saturated heterocycles. The van der Waals surface area contributed by atoms with Gasteiger partial charge in [-0.05, 0) is 44.4 Å². The molecular weight excluding hydrogens is 283 g/mol. The van der Waals surface area contributed by atoms with E-state index in [1.54, 1.807) is 0 Å². The summed E-state index contributed by atoms with van der Waals surface area (Å²) in [6, 6.07) is 0. The summed E-state index contributed by atoms with van der Waals surface area (Å²) < 4.78 is 0. The molecule has 0 aromatic rings. The Morgan fingerprint density at radius 1 is 0.818 bits per heavy atom. The Morgan fingerprint density at radius 2 is 1.27 bits per heavy atom. The van der Waals surface area contributed by atoms with Crippen LogP contribution in [0, 0.1) is 5.92 Å². The maximum atomic E-state index is 10.2. The normalized spacial score (nSPS) is 11.0. The first-order valence-corrected chi connectivity index (χ1v) is 8.97. The Morgan fingerprint density at radius 3 is 1.77 bits per heavy atom. The fourth-order valence-corrected chi connectivity index (χ4v) is 2.47. The van der Waals surface area contributed by atoms with E-state index in [-0.39, 0.29) is 36.0 Å². The van der Waals surface area contributed by atoms with Crippen LogP contribution in [0.25, 0.3) is 0 Å². The zero-order valence-corrected chi connectivity index (χ0v) is 17.2. The summed E-state index contributed by atoms with van der Waals surface area (Å²) in [6.07, 6.45) is 19.5. The number of carbonyl (C=O) groups is 1. The zero-order chi connectivity index (χ0) is 15.8. The van der Waals surface area contributed by atoms with E-state index >= 15 is 0 Å². The van der Waals surface area contributed by atoms with E-state index < -0.39 is 5.97 Å². The van der Waals surface area contributed by atoms with Gasteiger partial charge in [0.25, 0.3) is 0 Å². The van der Waals surface area contributed by atoms with Gasteiger partial charge in [-0.25, -0.2) is 0 Å². The minimum Gasteiger partial charge on any atom is -0.550 e. The van der Waals surface area contributed by atoms with Crippen LogP contribution in [0.15, 0.2) is 12.2 Å². The summed E-state index contributed by atoms with van der Waals surface area (Å²) in [5.74, 6) is -0.0622. The van der Waals surface area contributed by atoms with Gasteiger partial charge in [-0.3, -0.25) is 0 Å². The minimum absolute atomic E-state index is 0. The van der Waals surface area contributed by atoms with Crippen molar-refractivity contribution in [2.24, 2.45) is 5.92 Å². The number of rotatable bonds is 15. The van der Waals surface area contributed by atoms with Gasteiger partial charge in [-0.15, -0.1) is 0 Å². The van der Waals surface area contributed by atoms with Gasteiger partial charge in [0.1, 0.15) is 0 Å². The number of carboxylic acids is 1. The maximum Gasteiger partial charge on any atom is 1.00 e. The molecule has 0 aromatic carbocycles. The van der Waals surface area contributed by atoms with Crippen LogP contribution in [-0.2, 0) is 4.79 Å². The van der Waals surface area contributed by atoms with Crippen molar-refractivity contribution < 1.29 is 39.5 Å². The summed E-state index contributed by atoms with van der Waals surface area (Å²) >= 11 is 0. The fourth-order valence-electron chi connectivity index (χ4n) is 2.47. The van der Waals surface area contributed by atoms with Crippen molar-refractivity contribution in [3.05, 3.63) is 12.2 Å². The van der Waals surface area contributed by atoms with Crippen molar-refractivity contribution >= 4 is 5.97 Å². The van der Waals surface area contributed by atoms with Crippen molar-refractivity contribution in [2.75, 3.05) is 0 Å². The largest absolute Gasteiger partial charge is 1.00 e. The SMILES string of the molecule is CC(C)CCCCCCC=CCCCCCCCC(=O)[O-].[Na+]. The van der Waals surface area contributed by atoms with Crippen LogP contribution in [0.1, 0.15) is 97.3 Å². The van der Waals surface area contributed by atoms with Gasteiger partial charge in [0, 0.05) is 5.97 Å². The summed E-state index contributed by atoms with van der Waals surface area (Å²) in [6.45, 7) is 4.60. The van der Waals surface area contributed by atoms with Crippen LogP contribution in [0.3, 0.4) is 0 Å². The van der Waals surface area contributed by atoms with E-state index in [0.717, 1.165) is 25.2 Å². The number of allylic oxidation sites excluding steroid dienone is 2. The van der Waals surface area contributed by atoms with Gasteiger partial charge >= 0.3 is 29.6 Å². The van der Waals surface area contributed by atoms with Gasteiger partial charge < -0.3 is 9.90 Å². The predicted molar refractivity (Wildman–Crippen MR) is 89.0 cm³/mol. The first-order valence-electron chi connectivity index (χ1n) is 8.97. The van der Waals surface area contributed by atoms with Gasteiger partial charge in [0.05, 0.1) is 0 Å². The number of hydrogen-bond donors (Lipinski definition) is 0. The summed E-state index contributed by atoms with van der Waals surface area (Å²) in [5.41, 5.74) is 0. The molecule has 0 aliphatic heterocycles. The number of carboxylic acid groups (broad SMARTS) is 1. The molecule has 0 heterocycles. The maximum absolute atomic E-state index is 10.2. The van der Waals surface area contributed by atoms with Crippen molar-refractivity contribution in [3.8, 4) is 0 Å². The topological polar surface area (TPSA) is 40.1 Å². The molecule has 2 nitrogen and oxygen atoms in total. The molecule has 0 aromatic heterocycles. The average molecular weight is 318 g/mol. The molecule has 22 heavy (non-hydrogen) atoms. The molecule has 3 heteroatoms. The van der Waals surface area contributed by atoms with Crippen LogP contribution in [0.2, 0.25) is 0 Å². The monoisotopic (exact) mass is 318 g/mol. The van der Waals surface area contributed by atoms with Crippen molar-refractivity contribution in [2.45, 2.75) is 97.3 Å². The molecule has 0 aliphatic rings. The Kier molecular flexibility index (Phi) is 21.4. The molecular formula is C19H35NaO2. The van der Waals surface area contributed by atoms with Gasteiger partial charge in [0.15, 0.2) is 0 Å². The van der Waals surface area contributed by atoms with E-state index in [1.807, 2.05) is 0 Å². The third-order valence-electron chi connectivity index (χ3n) is 3.82. The molecule has 0 aliphatic carbocycles. The molecule has 0 spiro atoms. The van der Waals surface area contributed by atoms with E-state index in [1.165, 1.54) is 57.8 Å². The Hall–Kier alpha value is 0.210. The summed E-state index contributed by atoms with van der Waals surface area (Å²) in [5, 5.41) is 10.2. The van der Waals surface area contributed by atoms with E-state index in [4.69, 9.17) is 0 Å². The first-order chi connectivity index (χ1) is 10.1. The van der Waals surface area contributed by atoms with Crippen LogP contribution in [0.5, 0.6) is 0 Å². The molecule has 0 radical (unpaired) electrons. The molecule has 0 rings (SSSR count). The van der Waals surface area contributed by atoms with E-state index in [0.29, 0.717) is 0 Å². The second kappa shape index (κ2) is 19.3. The second-order valence-electron chi connectivity index (χ2n) is 6.54. The number of aliphatic carboxylic acids is 1. The van der Waals surface area contributed by atoms with Crippen LogP contribution < -0.4 is 34.7 Å². The Balaban J connectivity index is 0. The minimum atomic E-state index is -0.915. The first kappa shape index (κ1) is 24.5. The van der Waals surface area contributed by atoms with Crippen LogP contribution in [-0.4, -0.2) is 5.97 Å². The molecule has 0 bridgehead atoms. The number of unbranched alkanes of at least 4 members (excludes halogenated alkanes) is 9. The quantitative estimate of drug-likeness (QED) is 0.263. The smallest absolute Gasteiger partial charge is 0.550 e. The molecule has 0 unspecified atom stereocenters. The van der Waals surface area contributed by atoms with Gasteiger partial charge in [0.2, 0.25) is 0 Å². The molecule has 0 saturated carbocycles. The van der Waals surface area contributed by atoms with Crippen molar-refractivity contribution in [1.82, 2.24) is 0 Å². The van der Waals surface area contributed by atoms with Crippen molar-refractivity contribution in [3.63, 3.8) is 0 Å².